The van der Waals surface area contributed by atoms with Crippen molar-refractivity contribution in [3.63, 3.8) is 0 Å². The van der Waals surface area contributed by atoms with Gasteiger partial charge in [-0.25, -0.2) is 9.36 Å². The van der Waals surface area contributed by atoms with Gasteiger partial charge < -0.3 is 0 Å². The highest BCUT2D eigenvalue weighted by Crippen LogP contribution is 2.38. The van der Waals surface area contributed by atoms with Crippen molar-refractivity contribution in [1.29, 1.82) is 0 Å². The lowest BCUT2D eigenvalue weighted by Crippen LogP contribution is -2.35. The van der Waals surface area contributed by atoms with Gasteiger partial charge in [-0.15, -0.1) is 0 Å². The second kappa shape index (κ2) is 6.53. The fourth-order valence-corrected chi connectivity index (χ4v) is 3.88. The van der Waals surface area contributed by atoms with Crippen molar-refractivity contribution in [1.82, 2.24) is 18.8 Å². The van der Waals surface area contributed by atoms with Gasteiger partial charge in [-0.2, -0.15) is 0 Å². The zero-order valence-electron chi connectivity index (χ0n) is 13.2. The first-order valence-electron chi connectivity index (χ1n) is 8.45. The van der Waals surface area contributed by atoms with Crippen molar-refractivity contribution in [3.05, 3.63) is 45.6 Å². The molecule has 3 heterocycles. The number of likely N-dealkylation sites (tertiary alicyclic amines) is 1. The van der Waals surface area contributed by atoms with Crippen LogP contribution in [0.1, 0.15) is 42.9 Å². The van der Waals surface area contributed by atoms with Gasteiger partial charge in [0.25, 0.3) is 5.56 Å². The lowest BCUT2D eigenvalue weighted by atomic mass is 9.96. The average molecular weight is 330 g/mol. The van der Waals surface area contributed by atoms with Crippen LogP contribution < -0.4 is 5.56 Å². The third-order valence-electron chi connectivity index (χ3n) is 4.95. The van der Waals surface area contributed by atoms with Gasteiger partial charge in [-0.05, 0) is 61.8 Å². The van der Waals surface area contributed by atoms with Gasteiger partial charge in [0.2, 0.25) is 0 Å². The summed E-state index contributed by atoms with van der Waals surface area (Å²) in [5.74, 6) is 1.13. The van der Waals surface area contributed by atoms with Gasteiger partial charge in [-0.3, -0.25) is 14.3 Å². The summed E-state index contributed by atoms with van der Waals surface area (Å²) in [6.07, 6.45) is 8.40. The van der Waals surface area contributed by atoms with Gasteiger partial charge in [-0.1, -0.05) is 0 Å². The van der Waals surface area contributed by atoms with Gasteiger partial charge in [0, 0.05) is 36.7 Å². The molecule has 2 aromatic rings. The molecule has 2 fully saturated rings. The minimum atomic E-state index is 0.119. The predicted octanol–water partition coefficient (Wildman–Crippen LogP) is 2.49. The molecule has 0 amide bonds. The van der Waals surface area contributed by atoms with Gasteiger partial charge in [0.1, 0.15) is 0 Å². The number of aromatic nitrogens is 3. The van der Waals surface area contributed by atoms with E-state index in [0.29, 0.717) is 11.8 Å². The number of hydrogen-bond acceptors (Lipinski definition) is 5. The molecule has 1 saturated carbocycles. The van der Waals surface area contributed by atoms with Crippen LogP contribution in [0.4, 0.5) is 0 Å². The molecule has 0 atom stereocenters. The molecule has 0 N–H and O–H groups in total. The number of rotatable bonds is 5. The van der Waals surface area contributed by atoms with Crippen molar-refractivity contribution in [2.45, 2.75) is 44.7 Å². The van der Waals surface area contributed by atoms with Crippen LogP contribution in [-0.4, -0.2) is 31.9 Å². The monoisotopic (exact) mass is 330 g/mol. The first-order valence-corrected chi connectivity index (χ1v) is 9.28. The largest absolute Gasteiger partial charge is 0.299 e. The van der Waals surface area contributed by atoms with E-state index in [1.54, 1.807) is 17.0 Å². The van der Waals surface area contributed by atoms with Crippen molar-refractivity contribution in [2.24, 2.45) is 5.92 Å². The van der Waals surface area contributed by atoms with E-state index in [-0.39, 0.29) is 5.56 Å². The third kappa shape index (κ3) is 3.70. The molecule has 122 valence electrons. The minimum absolute atomic E-state index is 0.119. The summed E-state index contributed by atoms with van der Waals surface area (Å²) in [6.45, 7) is 4.01. The summed E-state index contributed by atoms with van der Waals surface area (Å²) in [6, 6.07) is 1.75. The lowest BCUT2D eigenvalue weighted by molar-refractivity contribution is 0.166. The van der Waals surface area contributed by atoms with Crippen molar-refractivity contribution < 1.29 is 0 Å². The summed E-state index contributed by atoms with van der Waals surface area (Å²) in [5, 5.41) is 2.12. The maximum Gasteiger partial charge on any atom is 0.253 e. The van der Waals surface area contributed by atoms with Crippen molar-refractivity contribution >= 4 is 11.5 Å². The molecular weight excluding hydrogens is 308 g/mol. The lowest BCUT2D eigenvalue weighted by Gasteiger charge is -2.31. The molecule has 1 saturated heterocycles. The molecule has 0 spiro atoms. The molecule has 2 aliphatic rings. The highest BCUT2D eigenvalue weighted by atomic mass is 32.1. The van der Waals surface area contributed by atoms with E-state index in [1.165, 1.54) is 29.9 Å². The molecular formula is C17H22N4OS. The van der Waals surface area contributed by atoms with Crippen LogP contribution >= 0.6 is 11.5 Å². The normalized spacial score (nSPS) is 20.0. The number of nitrogens with zero attached hydrogens (tertiary/aromatic N) is 4. The Kier molecular flexibility index (Phi) is 4.27. The Morgan fingerprint density at radius 2 is 2.04 bits per heavy atom. The molecule has 4 rings (SSSR count). The van der Waals surface area contributed by atoms with Crippen LogP contribution in [0.5, 0.6) is 0 Å². The fourth-order valence-electron chi connectivity index (χ4n) is 3.35. The Bertz CT molecular complexity index is 700. The first kappa shape index (κ1) is 15.0. The van der Waals surface area contributed by atoms with Crippen LogP contribution in [0.15, 0.2) is 28.8 Å². The van der Waals surface area contributed by atoms with E-state index in [2.05, 4.69) is 19.6 Å². The summed E-state index contributed by atoms with van der Waals surface area (Å²) in [7, 11) is 0. The number of piperidine rings is 1. The molecule has 0 bridgehead atoms. The predicted molar refractivity (Wildman–Crippen MR) is 90.6 cm³/mol. The maximum absolute atomic E-state index is 12.2. The Hall–Kier alpha value is -1.53. The Morgan fingerprint density at radius 1 is 1.22 bits per heavy atom. The molecule has 23 heavy (non-hydrogen) atoms. The number of hydrogen-bond donors (Lipinski definition) is 0. The van der Waals surface area contributed by atoms with Crippen LogP contribution in [0.25, 0.3) is 0 Å². The molecule has 0 aromatic carbocycles. The molecule has 2 aromatic heterocycles. The summed E-state index contributed by atoms with van der Waals surface area (Å²) in [5.41, 5.74) is 2.42. The SMILES string of the molecule is O=c1cc(C2CC2)ncn1CC1CCN(Cc2cnsc2)CC1. The molecule has 6 heteroatoms. The van der Waals surface area contributed by atoms with Crippen LogP contribution in [0.3, 0.4) is 0 Å². The molecule has 1 aliphatic carbocycles. The van der Waals surface area contributed by atoms with E-state index in [0.717, 1.165) is 44.7 Å². The first-order chi connectivity index (χ1) is 11.3. The average Bonchev–Trinajstić information content (AvgIpc) is 3.29. The maximum atomic E-state index is 12.2. The Balaban J connectivity index is 1.31. The quantitative estimate of drug-likeness (QED) is 0.845. The summed E-state index contributed by atoms with van der Waals surface area (Å²) >= 11 is 1.52. The van der Waals surface area contributed by atoms with Gasteiger partial charge in [0.15, 0.2) is 0 Å². The van der Waals surface area contributed by atoms with E-state index in [1.807, 2.05) is 6.20 Å². The van der Waals surface area contributed by atoms with Gasteiger partial charge >= 0.3 is 0 Å². The zero-order chi connectivity index (χ0) is 15.6. The van der Waals surface area contributed by atoms with Crippen LogP contribution in [0.2, 0.25) is 0 Å². The fraction of sp³-hybridized carbons (Fsp3) is 0.588. The molecule has 0 radical (unpaired) electrons. The van der Waals surface area contributed by atoms with Crippen molar-refractivity contribution in [3.8, 4) is 0 Å². The van der Waals surface area contributed by atoms with E-state index < -0.39 is 0 Å². The van der Waals surface area contributed by atoms with Crippen molar-refractivity contribution in [2.75, 3.05) is 13.1 Å². The smallest absolute Gasteiger partial charge is 0.253 e. The summed E-state index contributed by atoms with van der Waals surface area (Å²) < 4.78 is 5.96. The van der Waals surface area contributed by atoms with Gasteiger partial charge in [0.05, 0.1) is 12.0 Å². The third-order valence-corrected chi connectivity index (χ3v) is 5.58. The second-order valence-corrected chi connectivity index (χ2v) is 7.49. The van der Waals surface area contributed by atoms with E-state index in [4.69, 9.17) is 0 Å². The molecule has 0 unspecified atom stereocenters. The topological polar surface area (TPSA) is 51.0 Å². The second-order valence-electron chi connectivity index (χ2n) is 6.83. The highest BCUT2D eigenvalue weighted by molar-refractivity contribution is 7.03. The highest BCUT2D eigenvalue weighted by Gasteiger charge is 2.26. The standard InChI is InChI=1S/C17H22N4OS/c22-17-7-16(15-1-2-15)18-12-21(17)10-13-3-5-20(6-4-13)9-14-8-19-23-11-14/h7-8,11-13,15H,1-6,9-10H2. The van der Waals surface area contributed by atoms with E-state index >= 15 is 0 Å². The molecule has 5 nitrogen and oxygen atoms in total. The summed E-state index contributed by atoms with van der Waals surface area (Å²) in [4.78, 5) is 19.2. The Labute approximate surface area is 140 Å². The van der Waals surface area contributed by atoms with E-state index in [9.17, 15) is 4.79 Å². The Morgan fingerprint density at radius 3 is 2.70 bits per heavy atom. The van der Waals surface area contributed by atoms with Crippen LogP contribution in [0, 0.1) is 5.92 Å². The van der Waals surface area contributed by atoms with Crippen LogP contribution in [-0.2, 0) is 13.1 Å². The zero-order valence-corrected chi connectivity index (χ0v) is 14.0. The molecule has 1 aliphatic heterocycles. The minimum Gasteiger partial charge on any atom is -0.299 e.